The lowest BCUT2D eigenvalue weighted by Crippen LogP contribution is -2.35. The summed E-state index contributed by atoms with van der Waals surface area (Å²) >= 11 is 0. The molecule has 0 aliphatic heterocycles. The molecule has 220 valence electrons. The van der Waals surface area contributed by atoms with E-state index < -0.39 is 59.2 Å². The Morgan fingerprint density at radius 2 is 1.46 bits per heavy atom. The van der Waals surface area contributed by atoms with Gasteiger partial charge in [-0.15, -0.1) is 0 Å². The maximum atomic E-state index is 14.2. The van der Waals surface area contributed by atoms with Crippen molar-refractivity contribution in [3.05, 3.63) is 82.3 Å². The van der Waals surface area contributed by atoms with Gasteiger partial charge < -0.3 is 29.3 Å². The lowest BCUT2D eigenvalue weighted by atomic mass is 9.85. The molecule has 3 aromatic rings. The van der Waals surface area contributed by atoms with Gasteiger partial charge in [0.25, 0.3) is 0 Å². The molecule has 0 saturated heterocycles. The Morgan fingerprint density at radius 3 is 1.95 bits per heavy atom. The van der Waals surface area contributed by atoms with Crippen molar-refractivity contribution in [2.45, 2.75) is 46.1 Å². The summed E-state index contributed by atoms with van der Waals surface area (Å²) in [4.78, 5) is 26.1. The predicted octanol–water partition coefficient (Wildman–Crippen LogP) is 5.08. The van der Waals surface area contributed by atoms with Gasteiger partial charge in [0.05, 0.1) is 32.2 Å². The molecule has 2 atom stereocenters. The van der Waals surface area contributed by atoms with Crippen molar-refractivity contribution in [2.75, 3.05) is 20.3 Å². The molecule has 11 heteroatoms. The number of carbonyl (C=O) groups is 2. The van der Waals surface area contributed by atoms with Gasteiger partial charge in [-0.1, -0.05) is 19.1 Å². The molecule has 0 bridgehead atoms. The molecule has 1 heterocycles. The molecule has 0 spiro atoms. The maximum absolute atomic E-state index is 14.2. The molecule has 0 saturated carbocycles. The molecule has 0 radical (unpaired) electrons. The number of ketones is 1. The maximum Gasteiger partial charge on any atom is 0.309 e. The first-order valence-electron chi connectivity index (χ1n) is 13.1. The second-order valence-electron chi connectivity index (χ2n) is 9.29. The molecule has 1 N–H and O–H groups in total. The number of nitrogens with zero attached hydrogens (tertiary/aromatic N) is 1. The highest BCUT2D eigenvalue weighted by atomic mass is 19.1. The van der Waals surface area contributed by atoms with E-state index >= 15 is 0 Å². The van der Waals surface area contributed by atoms with Crippen LogP contribution in [-0.2, 0) is 9.53 Å². The second-order valence-corrected chi connectivity index (χ2v) is 9.29. The van der Waals surface area contributed by atoms with Crippen LogP contribution in [0.2, 0.25) is 0 Å². The summed E-state index contributed by atoms with van der Waals surface area (Å²) in [5, 5.41) is 22.5. The average Bonchev–Trinajstić information content (AvgIpc) is 2.91. The summed E-state index contributed by atoms with van der Waals surface area (Å²) in [5.41, 5.74) is 0.382. The monoisotopic (exact) mass is 573 g/mol. The number of hydrogen-bond donors (Lipinski definition) is 1. The summed E-state index contributed by atoms with van der Waals surface area (Å²) in [5.74, 6) is -4.71. The fourth-order valence-electron chi connectivity index (χ4n) is 4.52. The Hall–Kier alpha value is -4.41. The number of pyridine rings is 1. The van der Waals surface area contributed by atoms with Crippen molar-refractivity contribution in [3.8, 4) is 23.0 Å². The van der Waals surface area contributed by atoms with Crippen molar-refractivity contribution in [3.63, 3.8) is 0 Å². The van der Waals surface area contributed by atoms with Crippen LogP contribution in [0.4, 0.5) is 8.78 Å². The zero-order chi connectivity index (χ0) is 30.3. The minimum atomic E-state index is -1.02. The first-order chi connectivity index (χ1) is 19.5. The van der Waals surface area contributed by atoms with Crippen LogP contribution in [0, 0.1) is 22.8 Å². The number of hydrogen-bond acceptors (Lipinski definition) is 8. The SMILES string of the molecule is CCOc1cc(F)ccc1C(c1ccc(F)cc1OCC)[C@H](C)OC(=O)[C@H](C)CC(=O)c1c(O)c(OC)cc[n+]1[O-]. The van der Waals surface area contributed by atoms with Crippen molar-refractivity contribution in [2.24, 2.45) is 5.92 Å². The summed E-state index contributed by atoms with van der Waals surface area (Å²) in [6, 6.07) is 9.11. The van der Waals surface area contributed by atoms with Gasteiger partial charge in [0.15, 0.2) is 11.9 Å². The quantitative estimate of drug-likeness (QED) is 0.130. The number of Topliss-reactive ketones (excluding diaryl/α,β-unsaturated/α-hetero) is 1. The largest absolute Gasteiger partial charge is 0.618 e. The van der Waals surface area contributed by atoms with Crippen molar-refractivity contribution in [1.82, 2.24) is 0 Å². The van der Waals surface area contributed by atoms with E-state index in [-0.39, 0.29) is 35.2 Å². The van der Waals surface area contributed by atoms with E-state index in [1.807, 2.05) is 0 Å². The normalized spacial score (nSPS) is 12.5. The standard InChI is InChI=1S/C30H33F2NO8/c1-6-39-25-15-19(31)8-10-21(25)27(22-11-9-20(32)16-26(22)40-7-2)18(4)41-30(36)17(3)14-23(34)28-29(35)24(38-5)12-13-33(28)37/h8-13,15-18,27,35H,6-7,14H2,1-5H3/t17-,18+/m1/s1. The zero-order valence-corrected chi connectivity index (χ0v) is 23.5. The Kier molecular flexibility index (Phi) is 10.5. The minimum Gasteiger partial charge on any atom is -0.618 e. The molecule has 0 aliphatic rings. The van der Waals surface area contributed by atoms with Crippen LogP contribution >= 0.6 is 0 Å². The van der Waals surface area contributed by atoms with Crippen molar-refractivity contribution < 1.29 is 47.2 Å². The van der Waals surface area contributed by atoms with Gasteiger partial charge in [-0.3, -0.25) is 9.59 Å². The molecule has 3 rings (SSSR count). The molecule has 0 fully saturated rings. The van der Waals surface area contributed by atoms with Crippen LogP contribution in [0.3, 0.4) is 0 Å². The lowest BCUT2D eigenvalue weighted by molar-refractivity contribution is -0.608. The lowest BCUT2D eigenvalue weighted by Gasteiger charge is -2.29. The van der Waals surface area contributed by atoms with Gasteiger partial charge in [-0.2, -0.15) is 4.73 Å². The number of aromatic nitrogens is 1. The van der Waals surface area contributed by atoms with E-state index in [4.69, 9.17) is 18.9 Å². The van der Waals surface area contributed by atoms with Gasteiger partial charge in [-0.05, 0) is 32.9 Å². The predicted molar refractivity (Wildman–Crippen MR) is 144 cm³/mol. The van der Waals surface area contributed by atoms with Crippen LogP contribution in [0.5, 0.6) is 23.0 Å². The van der Waals surface area contributed by atoms with Gasteiger partial charge in [0.2, 0.25) is 11.5 Å². The van der Waals surface area contributed by atoms with E-state index in [0.29, 0.717) is 11.1 Å². The van der Waals surface area contributed by atoms with Crippen molar-refractivity contribution >= 4 is 11.8 Å². The first kappa shape index (κ1) is 31.1. The van der Waals surface area contributed by atoms with Gasteiger partial charge >= 0.3 is 11.7 Å². The smallest absolute Gasteiger partial charge is 0.309 e. The van der Waals surface area contributed by atoms with Crippen LogP contribution in [0.1, 0.15) is 61.6 Å². The van der Waals surface area contributed by atoms with Gasteiger partial charge in [-0.25, -0.2) is 8.78 Å². The van der Waals surface area contributed by atoms with E-state index in [0.717, 1.165) is 6.20 Å². The third kappa shape index (κ3) is 7.22. The van der Waals surface area contributed by atoms with E-state index in [9.17, 15) is 28.7 Å². The molecular weight excluding hydrogens is 540 g/mol. The number of ether oxygens (including phenoxy) is 4. The summed E-state index contributed by atoms with van der Waals surface area (Å²) < 4.78 is 50.6. The van der Waals surface area contributed by atoms with E-state index in [1.54, 1.807) is 20.8 Å². The highest BCUT2D eigenvalue weighted by Crippen LogP contribution is 2.41. The molecule has 0 aliphatic carbocycles. The molecule has 0 amide bonds. The number of benzene rings is 2. The molecule has 0 unspecified atom stereocenters. The van der Waals surface area contributed by atoms with E-state index in [2.05, 4.69) is 0 Å². The molecule has 2 aromatic carbocycles. The zero-order valence-electron chi connectivity index (χ0n) is 23.5. The van der Waals surface area contributed by atoms with Crippen molar-refractivity contribution in [1.29, 1.82) is 0 Å². The van der Waals surface area contributed by atoms with Crippen LogP contribution in [-0.4, -0.2) is 43.3 Å². The number of methoxy groups -OCH3 is 1. The Balaban J connectivity index is 1.95. The third-order valence-corrected chi connectivity index (χ3v) is 6.41. The number of esters is 1. The molecule has 9 nitrogen and oxygen atoms in total. The van der Waals surface area contributed by atoms with Crippen LogP contribution < -0.4 is 18.9 Å². The number of aromatic hydroxyl groups is 1. The number of rotatable bonds is 13. The van der Waals surface area contributed by atoms with Gasteiger partial charge in [0, 0.05) is 35.7 Å². The third-order valence-electron chi connectivity index (χ3n) is 6.41. The summed E-state index contributed by atoms with van der Waals surface area (Å²) in [6.45, 7) is 6.99. The fraction of sp³-hybridized carbons (Fsp3) is 0.367. The second kappa shape index (κ2) is 13.8. The van der Waals surface area contributed by atoms with E-state index in [1.165, 1.54) is 56.5 Å². The number of halogens is 2. The topological polar surface area (TPSA) is 118 Å². The van der Waals surface area contributed by atoms with Crippen LogP contribution in [0.25, 0.3) is 0 Å². The average molecular weight is 574 g/mol. The summed E-state index contributed by atoms with van der Waals surface area (Å²) in [7, 11) is 1.27. The minimum absolute atomic E-state index is 0.0686. The highest BCUT2D eigenvalue weighted by Gasteiger charge is 2.34. The summed E-state index contributed by atoms with van der Waals surface area (Å²) in [6.07, 6.45) is -0.358. The Morgan fingerprint density at radius 1 is 0.927 bits per heavy atom. The Labute approximate surface area is 236 Å². The van der Waals surface area contributed by atoms with Crippen LogP contribution in [0.15, 0.2) is 48.7 Å². The molecular formula is C30H33F2NO8. The van der Waals surface area contributed by atoms with Gasteiger partial charge in [0.1, 0.15) is 29.2 Å². The fourth-order valence-corrected chi connectivity index (χ4v) is 4.52. The highest BCUT2D eigenvalue weighted by molar-refractivity contribution is 5.98. The first-order valence-corrected chi connectivity index (χ1v) is 13.1. The number of carbonyl (C=O) groups excluding carboxylic acids is 2. The molecule has 41 heavy (non-hydrogen) atoms. The Bertz CT molecular complexity index is 1340. The molecule has 1 aromatic heterocycles.